The Morgan fingerprint density at radius 2 is 0.950 bits per heavy atom. The fraction of sp³-hybridized carbons (Fsp3) is 0.684. The van der Waals surface area contributed by atoms with Crippen LogP contribution in [0.5, 0.6) is 0 Å². The van der Waals surface area contributed by atoms with Crippen LogP contribution in [0.1, 0.15) is 84.5 Å². The lowest BCUT2D eigenvalue weighted by Gasteiger charge is -2.00. The van der Waals surface area contributed by atoms with E-state index < -0.39 is 0 Å². The van der Waals surface area contributed by atoms with Crippen molar-refractivity contribution in [2.75, 3.05) is 5.73 Å². The first-order chi connectivity index (χ1) is 9.81. The Balaban J connectivity index is 0.000000428. The van der Waals surface area contributed by atoms with Crippen LogP contribution < -0.4 is 5.73 Å². The molecular weight excluding hydrogens is 242 g/mol. The quantitative estimate of drug-likeness (QED) is 0.379. The van der Waals surface area contributed by atoms with E-state index in [0.29, 0.717) is 0 Å². The van der Waals surface area contributed by atoms with Crippen molar-refractivity contribution >= 4 is 5.69 Å². The summed E-state index contributed by atoms with van der Waals surface area (Å²) >= 11 is 0. The van der Waals surface area contributed by atoms with Crippen molar-refractivity contribution in [2.24, 2.45) is 0 Å². The highest BCUT2D eigenvalue weighted by atomic mass is 14.5. The second kappa shape index (κ2) is 16.1. The summed E-state index contributed by atoms with van der Waals surface area (Å²) in [6.07, 6.45) is 15.9. The molecule has 20 heavy (non-hydrogen) atoms. The van der Waals surface area contributed by atoms with Gasteiger partial charge >= 0.3 is 0 Å². The number of hydrogen-bond donors (Lipinski definition) is 1. The number of hydrogen-bond acceptors (Lipinski definition) is 1. The van der Waals surface area contributed by atoms with Crippen molar-refractivity contribution in [3.05, 3.63) is 30.3 Å². The average Bonchev–Trinajstić information content (AvgIpc) is 2.47. The minimum Gasteiger partial charge on any atom is -0.399 e. The third-order valence-electron chi connectivity index (χ3n) is 3.51. The highest BCUT2D eigenvalue weighted by Gasteiger charge is 1.90. The molecule has 1 aromatic carbocycles. The Morgan fingerprint density at radius 1 is 0.600 bits per heavy atom. The van der Waals surface area contributed by atoms with Crippen molar-refractivity contribution in [3.8, 4) is 0 Å². The fourth-order valence-corrected chi connectivity index (χ4v) is 2.19. The molecule has 0 aliphatic carbocycles. The monoisotopic (exact) mass is 277 g/mol. The molecule has 0 heterocycles. The molecule has 0 atom stereocenters. The van der Waals surface area contributed by atoms with Gasteiger partial charge < -0.3 is 5.73 Å². The van der Waals surface area contributed by atoms with Gasteiger partial charge in [0.2, 0.25) is 0 Å². The van der Waals surface area contributed by atoms with Crippen LogP contribution in [0.15, 0.2) is 30.3 Å². The molecule has 0 aromatic heterocycles. The summed E-state index contributed by atoms with van der Waals surface area (Å²) in [5, 5.41) is 0. The SMILES string of the molecule is CCCCCCCCCCCCC.Nc1ccccc1. The fourth-order valence-electron chi connectivity index (χ4n) is 2.19. The van der Waals surface area contributed by atoms with E-state index >= 15 is 0 Å². The third-order valence-corrected chi connectivity index (χ3v) is 3.51. The molecule has 1 rings (SSSR count). The van der Waals surface area contributed by atoms with Crippen LogP contribution >= 0.6 is 0 Å². The summed E-state index contributed by atoms with van der Waals surface area (Å²) in [7, 11) is 0. The number of para-hydroxylation sites is 1. The maximum absolute atomic E-state index is 5.36. The molecule has 0 aliphatic heterocycles. The molecule has 2 N–H and O–H groups in total. The van der Waals surface area contributed by atoms with Crippen molar-refractivity contribution in [1.29, 1.82) is 0 Å². The number of nitrogen functional groups attached to an aromatic ring is 1. The van der Waals surface area contributed by atoms with Gasteiger partial charge in [-0.2, -0.15) is 0 Å². The molecular formula is C19H35N. The van der Waals surface area contributed by atoms with E-state index in [1.807, 2.05) is 30.3 Å². The van der Waals surface area contributed by atoms with E-state index in [9.17, 15) is 0 Å². The first kappa shape index (κ1) is 19.0. The van der Waals surface area contributed by atoms with Gasteiger partial charge in [0.25, 0.3) is 0 Å². The molecule has 116 valence electrons. The Kier molecular flexibility index (Phi) is 15.3. The molecule has 0 unspecified atom stereocenters. The Hall–Kier alpha value is -0.980. The predicted molar refractivity (Wildman–Crippen MR) is 93.0 cm³/mol. The molecule has 0 aliphatic rings. The molecule has 1 heteroatoms. The number of unbranched alkanes of at least 4 members (excludes halogenated alkanes) is 10. The van der Waals surface area contributed by atoms with Gasteiger partial charge in [0.05, 0.1) is 0 Å². The maximum atomic E-state index is 5.36. The van der Waals surface area contributed by atoms with Gasteiger partial charge in [-0.05, 0) is 12.1 Å². The summed E-state index contributed by atoms with van der Waals surface area (Å²) in [6, 6.07) is 9.49. The molecule has 0 fully saturated rings. The summed E-state index contributed by atoms with van der Waals surface area (Å²) in [5.74, 6) is 0. The normalized spacial score (nSPS) is 9.90. The molecule has 0 spiro atoms. The van der Waals surface area contributed by atoms with Crippen molar-refractivity contribution in [3.63, 3.8) is 0 Å². The van der Waals surface area contributed by atoms with Gasteiger partial charge in [-0.1, -0.05) is 103 Å². The van der Waals surface area contributed by atoms with Crippen LogP contribution in [0.25, 0.3) is 0 Å². The molecule has 0 saturated heterocycles. The molecule has 0 saturated carbocycles. The zero-order chi connectivity index (χ0) is 14.9. The summed E-state index contributed by atoms with van der Waals surface area (Å²) in [5.41, 5.74) is 6.18. The first-order valence-electron chi connectivity index (χ1n) is 8.61. The largest absolute Gasteiger partial charge is 0.399 e. The van der Waals surface area contributed by atoms with E-state index in [1.54, 1.807) is 0 Å². The topological polar surface area (TPSA) is 26.0 Å². The van der Waals surface area contributed by atoms with Gasteiger partial charge in [0.15, 0.2) is 0 Å². The lowest BCUT2D eigenvalue weighted by molar-refractivity contribution is 0.554. The summed E-state index contributed by atoms with van der Waals surface area (Å²) < 4.78 is 0. The standard InChI is InChI=1S/C13H28.C6H7N/c1-3-5-7-9-11-13-12-10-8-6-4-2;7-6-4-2-1-3-5-6/h3-13H2,1-2H3;1-5H,7H2. The van der Waals surface area contributed by atoms with Crippen LogP contribution in [-0.4, -0.2) is 0 Å². The van der Waals surface area contributed by atoms with Crippen molar-refractivity contribution < 1.29 is 0 Å². The van der Waals surface area contributed by atoms with Gasteiger partial charge in [0, 0.05) is 5.69 Å². The van der Waals surface area contributed by atoms with E-state index in [0.717, 1.165) is 5.69 Å². The minimum absolute atomic E-state index is 0.822. The summed E-state index contributed by atoms with van der Waals surface area (Å²) in [6.45, 7) is 4.56. The number of rotatable bonds is 10. The number of benzene rings is 1. The van der Waals surface area contributed by atoms with Gasteiger partial charge in [-0.25, -0.2) is 0 Å². The van der Waals surface area contributed by atoms with Crippen LogP contribution in [0.4, 0.5) is 5.69 Å². The molecule has 1 nitrogen and oxygen atoms in total. The van der Waals surface area contributed by atoms with E-state index in [-0.39, 0.29) is 0 Å². The Labute approximate surface area is 127 Å². The van der Waals surface area contributed by atoms with Crippen LogP contribution in [0, 0.1) is 0 Å². The molecule has 0 amide bonds. The summed E-state index contributed by atoms with van der Waals surface area (Å²) in [4.78, 5) is 0. The van der Waals surface area contributed by atoms with Gasteiger partial charge in [-0.3, -0.25) is 0 Å². The number of anilines is 1. The van der Waals surface area contributed by atoms with Crippen LogP contribution in [0.2, 0.25) is 0 Å². The second-order valence-corrected chi connectivity index (χ2v) is 5.59. The highest BCUT2D eigenvalue weighted by molar-refractivity contribution is 5.35. The zero-order valence-electron chi connectivity index (χ0n) is 13.7. The lowest BCUT2D eigenvalue weighted by atomic mass is 10.1. The highest BCUT2D eigenvalue weighted by Crippen LogP contribution is 2.10. The second-order valence-electron chi connectivity index (χ2n) is 5.59. The molecule has 1 aromatic rings. The third kappa shape index (κ3) is 15.1. The molecule has 0 bridgehead atoms. The Morgan fingerprint density at radius 3 is 1.20 bits per heavy atom. The predicted octanol–water partition coefficient (Wildman–Crippen LogP) is 6.59. The van der Waals surface area contributed by atoms with E-state index in [2.05, 4.69) is 13.8 Å². The van der Waals surface area contributed by atoms with Crippen molar-refractivity contribution in [2.45, 2.75) is 84.5 Å². The van der Waals surface area contributed by atoms with Gasteiger partial charge in [0.1, 0.15) is 0 Å². The minimum atomic E-state index is 0.822. The first-order valence-corrected chi connectivity index (χ1v) is 8.61. The van der Waals surface area contributed by atoms with Crippen LogP contribution in [-0.2, 0) is 0 Å². The van der Waals surface area contributed by atoms with E-state index in [1.165, 1.54) is 70.6 Å². The number of nitrogens with two attached hydrogens (primary N) is 1. The van der Waals surface area contributed by atoms with E-state index in [4.69, 9.17) is 5.73 Å². The van der Waals surface area contributed by atoms with Gasteiger partial charge in [-0.15, -0.1) is 0 Å². The smallest absolute Gasteiger partial charge is 0.0313 e. The van der Waals surface area contributed by atoms with Crippen LogP contribution in [0.3, 0.4) is 0 Å². The van der Waals surface area contributed by atoms with Crippen molar-refractivity contribution in [1.82, 2.24) is 0 Å². The molecule has 0 radical (unpaired) electrons. The zero-order valence-corrected chi connectivity index (χ0v) is 13.7. The maximum Gasteiger partial charge on any atom is 0.0313 e. The Bertz CT molecular complexity index is 258. The average molecular weight is 277 g/mol. The lowest BCUT2D eigenvalue weighted by Crippen LogP contribution is -1.80.